The molecule has 3 aromatic rings. The molecule has 0 spiro atoms. The number of benzene rings is 3. The first kappa shape index (κ1) is 33.5. The van der Waals surface area contributed by atoms with Gasteiger partial charge in [0.15, 0.2) is 0 Å². The van der Waals surface area contributed by atoms with E-state index in [0.717, 1.165) is 5.56 Å². The third-order valence-electron chi connectivity index (χ3n) is 7.07. The monoisotopic (exact) mass is 617 g/mol. The predicted molar refractivity (Wildman–Crippen MR) is 171 cm³/mol. The molecule has 0 fully saturated rings. The minimum Gasteiger partial charge on any atom is -0.449 e. The molecule has 0 bridgehead atoms. The van der Waals surface area contributed by atoms with Crippen molar-refractivity contribution in [3.05, 3.63) is 95.6 Å². The molecule has 3 aromatic carbocycles. The Morgan fingerprint density at radius 2 is 1.27 bits per heavy atom. The van der Waals surface area contributed by atoms with Crippen LogP contribution >= 0.6 is 0 Å². The Labute approximate surface area is 264 Å². The van der Waals surface area contributed by atoms with Crippen molar-refractivity contribution in [2.75, 3.05) is 46.1 Å². The zero-order valence-electron chi connectivity index (χ0n) is 26.2. The number of carbonyl (C=O) groups is 3. The summed E-state index contributed by atoms with van der Waals surface area (Å²) < 4.78 is 21.9. The maximum Gasteiger partial charge on any atom is 0.408 e. The number of hydrogen-bond acceptors (Lipinski definition) is 7. The van der Waals surface area contributed by atoms with Crippen LogP contribution in [0.15, 0.2) is 78.9 Å². The lowest BCUT2D eigenvalue weighted by atomic mass is 9.98. The lowest BCUT2D eigenvalue weighted by Gasteiger charge is -2.23. The molecule has 3 amide bonds. The summed E-state index contributed by atoms with van der Waals surface area (Å²) in [4.78, 5) is 37.4. The minimum atomic E-state index is -0.797. The van der Waals surface area contributed by atoms with Crippen LogP contribution in [0.5, 0.6) is 0 Å². The van der Waals surface area contributed by atoms with E-state index in [0.29, 0.717) is 32.8 Å². The van der Waals surface area contributed by atoms with Crippen LogP contribution in [-0.4, -0.2) is 75.9 Å². The summed E-state index contributed by atoms with van der Waals surface area (Å²) >= 11 is 0. The number of fused-ring (bicyclic) bond motifs is 3. The molecule has 0 aliphatic heterocycles. The summed E-state index contributed by atoms with van der Waals surface area (Å²) in [6, 6.07) is 25.1. The maximum atomic E-state index is 12.8. The van der Waals surface area contributed by atoms with E-state index in [2.05, 4.69) is 40.2 Å². The third-order valence-corrected chi connectivity index (χ3v) is 7.07. The average molecular weight is 618 g/mol. The van der Waals surface area contributed by atoms with Crippen molar-refractivity contribution in [1.29, 1.82) is 0 Å². The van der Waals surface area contributed by atoms with Crippen LogP contribution in [0.3, 0.4) is 0 Å². The molecule has 0 saturated heterocycles. The van der Waals surface area contributed by atoms with E-state index in [1.54, 1.807) is 20.8 Å². The molecule has 45 heavy (non-hydrogen) atoms. The molecular formula is C35H43N3O7. The maximum absolute atomic E-state index is 12.8. The van der Waals surface area contributed by atoms with Crippen LogP contribution in [0, 0.1) is 0 Å². The first-order valence-electron chi connectivity index (χ1n) is 15.3. The van der Waals surface area contributed by atoms with Crippen molar-refractivity contribution in [3.63, 3.8) is 0 Å². The molecule has 0 saturated carbocycles. The third kappa shape index (κ3) is 10.6. The summed E-state index contributed by atoms with van der Waals surface area (Å²) in [5.74, 6) is -0.318. The topological polar surface area (TPSA) is 124 Å². The van der Waals surface area contributed by atoms with E-state index in [-0.39, 0.29) is 31.6 Å². The highest BCUT2D eigenvalue weighted by molar-refractivity contribution is 5.86. The molecule has 0 heterocycles. The fourth-order valence-electron chi connectivity index (χ4n) is 5.08. The summed E-state index contributed by atoms with van der Waals surface area (Å²) in [7, 11) is 0. The Bertz CT molecular complexity index is 1360. The highest BCUT2D eigenvalue weighted by atomic mass is 16.6. The lowest BCUT2D eigenvalue weighted by Crippen LogP contribution is -2.49. The molecule has 0 radical (unpaired) electrons. The van der Waals surface area contributed by atoms with Gasteiger partial charge in [-0.1, -0.05) is 78.9 Å². The Morgan fingerprint density at radius 1 is 0.711 bits per heavy atom. The van der Waals surface area contributed by atoms with Gasteiger partial charge in [0.25, 0.3) is 0 Å². The highest BCUT2D eigenvalue weighted by Gasteiger charge is 2.29. The van der Waals surface area contributed by atoms with E-state index < -0.39 is 23.8 Å². The zero-order chi connectivity index (χ0) is 32.1. The Morgan fingerprint density at radius 3 is 1.87 bits per heavy atom. The second-order valence-electron chi connectivity index (χ2n) is 11.7. The van der Waals surface area contributed by atoms with Crippen molar-refractivity contribution < 1.29 is 33.3 Å². The van der Waals surface area contributed by atoms with Gasteiger partial charge >= 0.3 is 12.2 Å². The van der Waals surface area contributed by atoms with Gasteiger partial charge < -0.3 is 34.9 Å². The molecule has 10 nitrogen and oxygen atoms in total. The largest absolute Gasteiger partial charge is 0.449 e. The molecule has 240 valence electrons. The zero-order valence-corrected chi connectivity index (χ0v) is 26.2. The molecule has 4 rings (SSSR count). The van der Waals surface area contributed by atoms with Crippen LogP contribution in [0.1, 0.15) is 43.4 Å². The molecule has 0 aromatic heterocycles. The second kappa shape index (κ2) is 16.6. The van der Waals surface area contributed by atoms with Gasteiger partial charge in [0.1, 0.15) is 18.2 Å². The number of hydrogen-bond donors (Lipinski definition) is 3. The summed E-state index contributed by atoms with van der Waals surface area (Å²) in [5, 5.41) is 8.19. The van der Waals surface area contributed by atoms with E-state index in [4.69, 9.17) is 18.9 Å². The normalized spacial score (nSPS) is 12.9. The molecular weight excluding hydrogens is 574 g/mol. The quantitative estimate of drug-likeness (QED) is 0.209. The van der Waals surface area contributed by atoms with Crippen molar-refractivity contribution in [2.24, 2.45) is 0 Å². The van der Waals surface area contributed by atoms with Gasteiger partial charge in [0.05, 0.1) is 26.4 Å². The Hall–Kier alpha value is -4.41. The number of alkyl carbamates (subject to hydrolysis) is 2. The van der Waals surface area contributed by atoms with E-state index >= 15 is 0 Å². The first-order chi connectivity index (χ1) is 21.7. The standard InChI is InChI=1S/C35H43N3O7/c1-35(2,3)45-34(41)38-31(23-25-11-5-4-6-12-25)32(39)36-17-19-42-21-22-43-20-18-37-33(40)44-24-30-28-15-9-7-13-26(28)27-14-8-10-16-29(27)30/h4-16,30-31H,17-24H2,1-3H3,(H,36,39)(H,37,40)(H,38,41)/t31-/m0/s1. The highest BCUT2D eigenvalue weighted by Crippen LogP contribution is 2.44. The second-order valence-corrected chi connectivity index (χ2v) is 11.7. The van der Waals surface area contributed by atoms with Gasteiger partial charge in [0.2, 0.25) is 5.91 Å². The van der Waals surface area contributed by atoms with Crippen molar-refractivity contribution in [1.82, 2.24) is 16.0 Å². The predicted octanol–water partition coefficient (Wildman–Crippen LogP) is 4.81. The van der Waals surface area contributed by atoms with Crippen LogP contribution < -0.4 is 16.0 Å². The fourth-order valence-corrected chi connectivity index (χ4v) is 5.08. The molecule has 1 aliphatic rings. The average Bonchev–Trinajstić information content (AvgIpc) is 3.33. The number of ether oxygens (including phenoxy) is 4. The minimum absolute atomic E-state index is 0.0114. The molecule has 3 N–H and O–H groups in total. The van der Waals surface area contributed by atoms with Gasteiger partial charge in [-0.25, -0.2) is 9.59 Å². The number of nitrogens with one attached hydrogen (secondary N) is 3. The van der Waals surface area contributed by atoms with Gasteiger partial charge in [-0.2, -0.15) is 0 Å². The molecule has 0 unspecified atom stereocenters. The van der Waals surface area contributed by atoms with Crippen molar-refractivity contribution in [2.45, 2.75) is 44.8 Å². The molecule has 10 heteroatoms. The number of amides is 3. The van der Waals surface area contributed by atoms with Crippen molar-refractivity contribution >= 4 is 18.1 Å². The smallest absolute Gasteiger partial charge is 0.408 e. The van der Waals surface area contributed by atoms with Crippen LogP contribution in [-0.2, 0) is 30.2 Å². The van der Waals surface area contributed by atoms with Crippen LogP contribution in [0.2, 0.25) is 0 Å². The van der Waals surface area contributed by atoms with Crippen molar-refractivity contribution in [3.8, 4) is 11.1 Å². The molecule has 1 aliphatic carbocycles. The fraction of sp³-hybridized carbons (Fsp3) is 0.400. The van der Waals surface area contributed by atoms with E-state index in [1.807, 2.05) is 54.6 Å². The summed E-state index contributed by atoms with van der Waals surface area (Å²) in [6.07, 6.45) is -0.815. The SMILES string of the molecule is CC(C)(C)OC(=O)N[C@@H](Cc1ccccc1)C(=O)NCCOCCOCCNC(=O)OCC1c2ccccc2-c2ccccc21. The first-order valence-corrected chi connectivity index (χ1v) is 15.3. The number of carbonyl (C=O) groups excluding carboxylic acids is 3. The lowest BCUT2D eigenvalue weighted by molar-refractivity contribution is -0.123. The molecule has 1 atom stereocenters. The van der Waals surface area contributed by atoms with Crippen LogP contribution in [0.4, 0.5) is 9.59 Å². The van der Waals surface area contributed by atoms with Gasteiger partial charge in [-0.05, 0) is 48.6 Å². The van der Waals surface area contributed by atoms with Gasteiger partial charge in [0, 0.05) is 25.4 Å². The Balaban J connectivity index is 1.06. The van der Waals surface area contributed by atoms with Gasteiger partial charge in [-0.15, -0.1) is 0 Å². The number of rotatable bonds is 15. The van der Waals surface area contributed by atoms with E-state index in [9.17, 15) is 14.4 Å². The summed E-state index contributed by atoms with van der Waals surface area (Å²) in [6.45, 7) is 7.36. The summed E-state index contributed by atoms with van der Waals surface area (Å²) in [5.41, 5.74) is 4.93. The van der Waals surface area contributed by atoms with Crippen LogP contribution in [0.25, 0.3) is 11.1 Å². The Kier molecular flexibility index (Phi) is 12.4. The van der Waals surface area contributed by atoms with Gasteiger partial charge in [-0.3, -0.25) is 4.79 Å². The van der Waals surface area contributed by atoms with E-state index in [1.165, 1.54) is 22.3 Å².